The van der Waals surface area contributed by atoms with Gasteiger partial charge in [0.1, 0.15) is 0 Å². The molecule has 1 atom stereocenters. The van der Waals surface area contributed by atoms with E-state index in [2.05, 4.69) is 6.08 Å². The number of fused-ring (bicyclic) bond motifs is 2. The third-order valence-electron chi connectivity index (χ3n) is 8.34. The molecule has 1 aromatic rings. The van der Waals surface area contributed by atoms with Gasteiger partial charge in [-0.1, -0.05) is 11.6 Å². The number of ether oxygens (including phenoxy) is 2. The van der Waals surface area contributed by atoms with Crippen LogP contribution in [0.25, 0.3) is 0 Å². The van der Waals surface area contributed by atoms with E-state index in [9.17, 15) is 9.59 Å². The van der Waals surface area contributed by atoms with Gasteiger partial charge in [-0.3, -0.25) is 9.59 Å². The number of allylic oxidation sites excluding steroid dienone is 3. The first kappa shape index (κ1) is 23.2. The molecule has 182 valence electrons. The smallest absolute Gasteiger partial charge is 0.254 e. The monoisotopic (exact) mass is 464 g/mol. The molecule has 1 aromatic carbocycles. The van der Waals surface area contributed by atoms with E-state index in [1.54, 1.807) is 0 Å². The number of carbonyl (C=O) groups is 2. The molecule has 1 saturated carbocycles. The van der Waals surface area contributed by atoms with E-state index in [0.717, 1.165) is 71.3 Å². The van der Waals surface area contributed by atoms with Crippen molar-refractivity contribution in [1.29, 1.82) is 0 Å². The first-order chi connectivity index (χ1) is 16.1. The summed E-state index contributed by atoms with van der Waals surface area (Å²) < 4.78 is 13.0. The van der Waals surface area contributed by atoms with Gasteiger partial charge in [-0.05, 0) is 76.5 Å². The molecule has 34 heavy (non-hydrogen) atoms. The molecule has 4 aliphatic rings. The molecule has 0 radical (unpaired) electrons. The minimum absolute atomic E-state index is 0.0233. The molecule has 0 bridgehead atoms. The lowest BCUT2D eigenvalue weighted by atomic mass is 9.81. The lowest BCUT2D eigenvalue weighted by Crippen LogP contribution is -2.46. The quantitative estimate of drug-likeness (QED) is 0.710. The largest absolute Gasteiger partial charge is 0.448 e. The highest BCUT2D eigenvalue weighted by Gasteiger charge is 2.48. The van der Waals surface area contributed by atoms with Gasteiger partial charge in [0.05, 0.1) is 0 Å². The van der Waals surface area contributed by atoms with Crippen molar-refractivity contribution in [1.82, 2.24) is 4.90 Å². The van der Waals surface area contributed by atoms with Crippen molar-refractivity contribution in [2.45, 2.75) is 85.0 Å². The van der Waals surface area contributed by atoms with Crippen LogP contribution in [0.2, 0.25) is 0 Å². The number of hydrogen-bond donors (Lipinski definition) is 1. The maximum Gasteiger partial charge on any atom is 0.254 e. The predicted molar refractivity (Wildman–Crippen MR) is 131 cm³/mol. The van der Waals surface area contributed by atoms with Gasteiger partial charge >= 0.3 is 0 Å². The molecule has 0 spiro atoms. The van der Waals surface area contributed by atoms with E-state index < -0.39 is 5.79 Å². The SMILES string of the molecule is CC1=CC(C)=C(CN2CCc3c(C)c4c(c(C)c3C2=O)OC(C)(C2CCC(N)CC2)O4)C(=O)C1. The van der Waals surface area contributed by atoms with Gasteiger partial charge in [0, 0.05) is 55.1 Å². The van der Waals surface area contributed by atoms with Crippen LogP contribution in [-0.4, -0.2) is 41.5 Å². The van der Waals surface area contributed by atoms with Crippen LogP contribution in [0.1, 0.15) is 79.9 Å². The summed E-state index contributed by atoms with van der Waals surface area (Å²) in [5.41, 5.74) is 12.5. The van der Waals surface area contributed by atoms with Crippen LogP contribution in [0, 0.1) is 19.8 Å². The van der Waals surface area contributed by atoms with Crippen molar-refractivity contribution in [2.24, 2.45) is 11.7 Å². The fourth-order valence-electron chi connectivity index (χ4n) is 6.24. The Morgan fingerprint density at radius 3 is 2.32 bits per heavy atom. The molecule has 1 amide bonds. The van der Waals surface area contributed by atoms with Gasteiger partial charge in [-0.2, -0.15) is 0 Å². The van der Waals surface area contributed by atoms with Crippen molar-refractivity contribution >= 4 is 11.7 Å². The second kappa shape index (κ2) is 8.26. The summed E-state index contributed by atoms with van der Waals surface area (Å²) in [4.78, 5) is 28.2. The third kappa shape index (κ3) is 3.67. The van der Waals surface area contributed by atoms with Crippen LogP contribution in [0.4, 0.5) is 0 Å². The van der Waals surface area contributed by atoms with Gasteiger partial charge in [0.15, 0.2) is 17.3 Å². The maximum absolute atomic E-state index is 13.7. The van der Waals surface area contributed by atoms with Crippen molar-refractivity contribution in [2.75, 3.05) is 13.1 Å². The van der Waals surface area contributed by atoms with E-state index in [1.165, 1.54) is 0 Å². The molecule has 2 heterocycles. The Bertz CT molecular complexity index is 1140. The van der Waals surface area contributed by atoms with Crippen LogP contribution < -0.4 is 15.2 Å². The van der Waals surface area contributed by atoms with Gasteiger partial charge in [-0.25, -0.2) is 0 Å². The zero-order valence-electron chi connectivity index (χ0n) is 21.0. The fourth-order valence-corrected chi connectivity index (χ4v) is 6.24. The number of Topliss-reactive ketones (excluding diaryl/α,β-unsaturated/α-hetero) is 1. The van der Waals surface area contributed by atoms with E-state index in [4.69, 9.17) is 15.2 Å². The minimum Gasteiger partial charge on any atom is -0.448 e. The Hall–Kier alpha value is -2.60. The summed E-state index contributed by atoms with van der Waals surface area (Å²) in [6, 6.07) is 0.261. The van der Waals surface area contributed by atoms with Crippen molar-refractivity contribution in [3.05, 3.63) is 45.0 Å². The minimum atomic E-state index is -0.731. The molecule has 2 N–H and O–H groups in total. The first-order valence-corrected chi connectivity index (χ1v) is 12.6. The van der Waals surface area contributed by atoms with E-state index in [-0.39, 0.29) is 23.7 Å². The van der Waals surface area contributed by atoms with Crippen molar-refractivity contribution in [3.63, 3.8) is 0 Å². The number of nitrogens with two attached hydrogens (primary N) is 1. The second-order valence-corrected chi connectivity index (χ2v) is 10.8. The van der Waals surface area contributed by atoms with Crippen LogP contribution >= 0.6 is 0 Å². The number of nitrogens with zero attached hydrogens (tertiary/aromatic N) is 1. The highest BCUT2D eigenvalue weighted by molar-refractivity contribution is 6.03. The summed E-state index contributed by atoms with van der Waals surface area (Å²) in [6.07, 6.45) is 7.16. The number of hydrogen-bond acceptors (Lipinski definition) is 5. The molecular formula is C28H36N2O4. The van der Waals surface area contributed by atoms with Crippen molar-refractivity contribution in [3.8, 4) is 11.5 Å². The molecular weight excluding hydrogens is 428 g/mol. The topological polar surface area (TPSA) is 81.9 Å². The number of ketones is 1. The van der Waals surface area contributed by atoms with Crippen LogP contribution in [0.5, 0.6) is 11.5 Å². The second-order valence-electron chi connectivity index (χ2n) is 10.8. The zero-order chi connectivity index (χ0) is 24.4. The molecule has 1 unspecified atom stereocenters. The highest BCUT2D eigenvalue weighted by Crippen LogP contribution is 2.51. The van der Waals surface area contributed by atoms with Gasteiger partial charge in [0.25, 0.3) is 11.7 Å². The molecule has 6 heteroatoms. The lowest BCUT2D eigenvalue weighted by Gasteiger charge is -2.36. The Kier molecular flexibility index (Phi) is 5.63. The van der Waals surface area contributed by atoms with Crippen molar-refractivity contribution < 1.29 is 19.1 Å². The van der Waals surface area contributed by atoms with E-state index in [1.807, 2.05) is 39.5 Å². The highest BCUT2D eigenvalue weighted by atomic mass is 16.7. The normalized spacial score (nSPS) is 28.9. The number of benzene rings is 1. The number of amides is 1. The summed E-state index contributed by atoms with van der Waals surface area (Å²) in [7, 11) is 0. The maximum atomic E-state index is 13.7. The summed E-state index contributed by atoms with van der Waals surface area (Å²) in [5.74, 6) is 1.13. The van der Waals surface area contributed by atoms with Gasteiger partial charge in [-0.15, -0.1) is 0 Å². The van der Waals surface area contributed by atoms with Gasteiger partial charge in [0.2, 0.25) is 0 Å². The Morgan fingerprint density at radius 1 is 1.03 bits per heavy atom. The number of rotatable bonds is 3. The Balaban J connectivity index is 1.45. The fraction of sp³-hybridized carbons (Fsp3) is 0.571. The first-order valence-electron chi connectivity index (χ1n) is 12.6. The lowest BCUT2D eigenvalue weighted by molar-refractivity contribution is -0.121. The van der Waals surface area contributed by atoms with E-state index in [0.29, 0.717) is 30.8 Å². The molecule has 0 aromatic heterocycles. The Labute approximate surface area is 202 Å². The zero-order valence-corrected chi connectivity index (χ0v) is 21.0. The average Bonchev–Trinajstić information content (AvgIpc) is 3.15. The Morgan fingerprint density at radius 2 is 1.68 bits per heavy atom. The van der Waals surface area contributed by atoms with Crippen LogP contribution in [-0.2, 0) is 11.2 Å². The standard InChI is InChI=1S/C28H36N2O4/c1-15-12-16(2)22(23(31)13-15)14-30-11-10-21-17(3)25-26(18(4)24(21)27(30)32)34-28(5,33-25)19-6-8-20(29)9-7-19/h12,19-20H,6-11,13-14,29H2,1-5H3. The molecule has 2 aliphatic heterocycles. The van der Waals surface area contributed by atoms with Crippen LogP contribution in [0.15, 0.2) is 22.8 Å². The predicted octanol–water partition coefficient (Wildman–Crippen LogP) is 4.54. The summed E-state index contributed by atoms with van der Waals surface area (Å²) in [6.45, 7) is 10.9. The summed E-state index contributed by atoms with van der Waals surface area (Å²) in [5, 5.41) is 0. The molecule has 1 fully saturated rings. The average molecular weight is 465 g/mol. The summed E-state index contributed by atoms with van der Waals surface area (Å²) >= 11 is 0. The molecule has 2 aliphatic carbocycles. The van der Waals surface area contributed by atoms with Crippen LogP contribution in [0.3, 0.4) is 0 Å². The number of carbonyl (C=O) groups excluding carboxylic acids is 2. The molecule has 5 rings (SSSR count). The third-order valence-corrected chi connectivity index (χ3v) is 8.34. The van der Waals surface area contributed by atoms with E-state index >= 15 is 0 Å². The molecule has 6 nitrogen and oxygen atoms in total. The molecule has 0 saturated heterocycles. The van der Waals surface area contributed by atoms with Gasteiger partial charge < -0.3 is 20.1 Å².